The zero-order valence-corrected chi connectivity index (χ0v) is 22.1. The van der Waals surface area contributed by atoms with E-state index in [1.54, 1.807) is 11.0 Å². The molecule has 4 rings (SSSR count). The highest BCUT2D eigenvalue weighted by Crippen LogP contribution is 2.36. The van der Waals surface area contributed by atoms with Gasteiger partial charge in [-0.05, 0) is 62.5 Å². The lowest BCUT2D eigenvalue weighted by Crippen LogP contribution is -2.51. The molecule has 1 atom stereocenters. The summed E-state index contributed by atoms with van der Waals surface area (Å²) in [5.74, 6) is 0.934. The van der Waals surface area contributed by atoms with Crippen LogP contribution in [0.2, 0.25) is 5.02 Å². The first-order valence-corrected chi connectivity index (χ1v) is 13.5. The van der Waals surface area contributed by atoms with Crippen molar-refractivity contribution in [1.29, 1.82) is 0 Å². The highest BCUT2D eigenvalue weighted by Gasteiger charge is 2.40. The molecule has 0 saturated carbocycles. The van der Waals surface area contributed by atoms with Gasteiger partial charge in [-0.15, -0.1) is 0 Å². The van der Waals surface area contributed by atoms with Gasteiger partial charge in [0.1, 0.15) is 5.75 Å². The lowest BCUT2D eigenvalue weighted by molar-refractivity contribution is -0.141. The Kier molecular flexibility index (Phi) is 9.27. The predicted molar refractivity (Wildman–Crippen MR) is 143 cm³/mol. The molecule has 2 saturated heterocycles. The molecule has 2 aliphatic heterocycles. The third kappa shape index (κ3) is 7.47. The van der Waals surface area contributed by atoms with Crippen molar-refractivity contribution in [3.05, 3.63) is 65.2 Å². The Labute approximate surface area is 220 Å². The van der Waals surface area contributed by atoms with Crippen molar-refractivity contribution in [2.75, 3.05) is 46.4 Å². The third-order valence-electron chi connectivity index (χ3n) is 7.41. The number of piperidine rings is 1. The van der Waals surface area contributed by atoms with E-state index < -0.39 is 5.41 Å². The molecule has 2 aromatic carbocycles. The Morgan fingerprint density at radius 3 is 2.56 bits per heavy atom. The molecule has 0 N–H and O–H groups in total. The van der Waals surface area contributed by atoms with Gasteiger partial charge in [0.2, 0.25) is 11.8 Å². The molecule has 0 spiro atoms. The number of carbonyl (C=O) groups is 2. The van der Waals surface area contributed by atoms with Crippen LogP contribution in [0.25, 0.3) is 0 Å². The molecular weight excluding hydrogens is 474 g/mol. The Morgan fingerprint density at radius 2 is 1.81 bits per heavy atom. The first-order chi connectivity index (χ1) is 17.4. The van der Waals surface area contributed by atoms with Crippen LogP contribution in [0, 0.1) is 5.41 Å². The topological polar surface area (TPSA) is 53.1 Å². The predicted octanol–water partition coefficient (Wildman–Crippen LogP) is 4.86. The average Bonchev–Trinajstić information content (AvgIpc) is 3.41. The van der Waals surface area contributed by atoms with Crippen LogP contribution in [0.4, 0.5) is 0 Å². The van der Waals surface area contributed by atoms with Crippen molar-refractivity contribution in [1.82, 2.24) is 14.7 Å². The highest BCUT2D eigenvalue weighted by atomic mass is 35.5. The van der Waals surface area contributed by atoms with Crippen LogP contribution in [0.15, 0.2) is 54.6 Å². The fourth-order valence-electron chi connectivity index (χ4n) is 5.35. The number of nitrogens with zero attached hydrogens (tertiary/aromatic N) is 3. The van der Waals surface area contributed by atoms with Crippen molar-refractivity contribution in [2.24, 2.45) is 5.41 Å². The van der Waals surface area contributed by atoms with Gasteiger partial charge < -0.3 is 19.4 Å². The van der Waals surface area contributed by atoms with Gasteiger partial charge in [-0.3, -0.25) is 9.59 Å². The van der Waals surface area contributed by atoms with Gasteiger partial charge in [-0.2, -0.15) is 0 Å². The molecule has 2 fully saturated rings. The molecule has 2 amide bonds. The molecule has 2 heterocycles. The second kappa shape index (κ2) is 12.6. The molecule has 0 radical (unpaired) electrons. The third-order valence-corrected chi connectivity index (χ3v) is 7.65. The summed E-state index contributed by atoms with van der Waals surface area (Å²) in [4.78, 5) is 32.7. The zero-order valence-electron chi connectivity index (χ0n) is 21.3. The van der Waals surface area contributed by atoms with Gasteiger partial charge in [-0.1, -0.05) is 48.0 Å². The minimum atomic E-state index is -0.439. The zero-order chi connectivity index (χ0) is 25.4. The van der Waals surface area contributed by atoms with Crippen molar-refractivity contribution < 1.29 is 14.3 Å². The van der Waals surface area contributed by atoms with Gasteiger partial charge in [0.15, 0.2) is 0 Å². The summed E-state index contributed by atoms with van der Waals surface area (Å²) in [5, 5.41) is 0.614. The molecule has 194 valence electrons. The van der Waals surface area contributed by atoms with E-state index in [9.17, 15) is 9.59 Å². The van der Waals surface area contributed by atoms with Gasteiger partial charge in [0, 0.05) is 56.5 Å². The number of rotatable bonds is 10. The van der Waals surface area contributed by atoms with E-state index in [0.717, 1.165) is 44.6 Å². The van der Waals surface area contributed by atoms with Crippen LogP contribution < -0.4 is 4.74 Å². The number of hydrogen-bond donors (Lipinski definition) is 0. The number of likely N-dealkylation sites (tertiary alicyclic amines) is 2. The fraction of sp³-hybridized carbons (Fsp3) is 0.517. The minimum Gasteiger partial charge on any atom is -0.493 e. The molecule has 0 aromatic heterocycles. The maximum absolute atomic E-state index is 13.4. The quantitative estimate of drug-likeness (QED) is 0.457. The summed E-state index contributed by atoms with van der Waals surface area (Å²) in [6, 6.07) is 17.4. The molecule has 36 heavy (non-hydrogen) atoms. The van der Waals surface area contributed by atoms with Gasteiger partial charge in [0.05, 0.1) is 6.61 Å². The molecule has 2 aromatic rings. The van der Waals surface area contributed by atoms with Gasteiger partial charge >= 0.3 is 0 Å². The van der Waals surface area contributed by atoms with Gasteiger partial charge in [-0.25, -0.2) is 0 Å². The fourth-order valence-corrected chi connectivity index (χ4v) is 5.53. The van der Waals surface area contributed by atoms with Crippen LogP contribution in [-0.4, -0.2) is 72.9 Å². The molecule has 0 bridgehead atoms. The number of halogens is 1. The van der Waals surface area contributed by atoms with Crippen LogP contribution >= 0.6 is 11.6 Å². The number of hydrogen-bond acceptors (Lipinski definition) is 4. The Hall–Kier alpha value is -2.57. The summed E-state index contributed by atoms with van der Waals surface area (Å²) in [7, 11) is 1.85. The summed E-state index contributed by atoms with van der Waals surface area (Å²) in [6.07, 6.45) is 5.03. The molecule has 6 nitrogen and oxygen atoms in total. The van der Waals surface area contributed by atoms with E-state index in [1.807, 2.05) is 60.5 Å². The Morgan fingerprint density at radius 1 is 1.03 bits per heavy atom. The van der Waals surface area contributed by atoms with Crippen molar-refractivity contribution in [3.63, 3.8) is 0 Å². The summed E-state index contributed by atoms with van der Waals surface area (Å²) in [5.41, 5.74) is 0.659. The number of ether oxygens (including phenoxy) is 1. The lowest BCUT2D eigenvalue weighted by Gasteiger charge is -2.43. The normalized spacial score (nSPS) is 20.3. The monoisotopic (exact) mass is 511 g/mol. The van der Waals surface area contributed by atoms with E-state index in [4.69, 9.17) is 16.3 Å². The Bertz CT molecular complexity index is 1010. The van der Waals surface area contributed by atoms with E-state index in [1.165, 1.54) is 12.8 Å². The first-order valence-electron chi connectivity index (χ1n) is 13.1. The largest absolute Gasteiger partial charge is 0.493 e. The summed E-state index contributed by atoms with van der Waals surface area (Å²) in [6.45, 7) is 5.21. The summed E-state index contributed by atoms with van der Waals surface area (Å²) < 4.78 is 6.20. The van der Waals surface area contributed by atoms with Crippen molar-refractivity contribution >= 4 is 23.4 Å². The second-order valence-corrected chi connectivity index (χ2v) is 10.8. The molecule has 2 aliphatic rings. The van der Waals surface area contributed by atoms with Crippen LogP contribution in [-0.2, 0) is 16.1 Å². The highest BCUT2D eigenvalue weighted by molar-refractivity contribution is 6.30. The second-order valence-electron chi connectivity index (χ2n) is 10.4. The lowest BCUT2D eigenvalue weighted by atomic mass is 9.77. The van der Waals surface area contributed by atoms with Crippen LogP contribution in [0.3, 0.4) is 0 Å². The Balaban J connectivity index is 1.44. The van der Waals surface area contributed by atoms with E-state index >= 15 is 0 Å². The smallest absolute Gasteiger partial charge is 0.223 e. The average molecular weight is 512 g/mol. The van der Waals surface area contributed by atoms with Crippen molar-refractivity contribution in [2.45, 2.75) is 45.1 Å². The van der Waals surface area contributed by atoms with E-state index in [-0.39, 0.29) is 11.8 Å². The first kappa shape index (κ1) is 26.5. The standard InChI is InChI=1S/C29H38ClN3O3/c1-31(21-24-9-3-2-4-10-24)28(35)20-29(23-36-26-12-7-11-25(30)19-26)14-8-17-33(22-29)27(34)13-18-32-15-5-6-16-32/h2-4,7,9-12,19H,5-6,8,13-18,20-23H2,1H3. The minimum absolute atomic E-state index is 0.0694. The van der Waals surface area contributed by atoms with Crippen molar-refractivity contribution in [3.8, 4) is 5.75 Å². The molecular formula is C29H38ClN3O3. The van der Waals surface area contributed by atoms with Crippen LogP contribution in [0.5, 0.6) is 5.75 Å². The van der Waals surface area contributed by atoms with E-state index in [0.29, 0.717) is 43.3 Å². The maximum atomic E-state index is 13.4. The number of amides is 2. The number of benzene rings is 2. The van der Waals surface area contributed by atoms with Crippen LogP contribution in [0.1, 0.15) is 44.1 Å². The number of carbonyl (C=O) groups excluding carboxylic acids is 2. The van der Waals surface area contributed by atoms with Gasteiger partial charge in [0.25, 0.3) is 0 Å². The molecule has 0 aliphatic carbocycles. The maximum Gasteiger partial charge on any atom is 0.223 e. The SMILES string of the molecule is CN(Cc1ccccc1)C(=O)CC1(COc2cccc(Cl)c2)CCCN(C(=O)CCN2CCCC2)C1. The van der Waals surface area contributed by atoms with E-state index in [2.05, 4.69) is 4.90 Å². The summed E-state index contributed by atoms with van der Waals surface area (Å²) >= 11 is 6.16. The molecule has 7 heteroatoms. The molecule has 1 unspecified atom stereocenters.